The van der Waals surface area contributed by atoms with Gasteiger partial charge >= 0.3 is 0 Å². The molecule has 0 aliphatic heterocycles. The Morgan fingerprint density at radius 1 is 1.05 bits per heavy atom. The van der Waals surface area contributed by atoms with Crippen LogP contribution in [-0.4, -0.2) is 11.0 Å². The highest BCUT2D eigenvalue weighted by molar-refractivity contribution is 7.09. The highest BCUT2D eigenvalue weighted by atomic mass is 32.1. The lowest BCUT2D eigenvalue weighted by atomic mass is 10.0. The van der Waals surface area contributed by atoms with Crippen LogP contribution in [0.5, 0.6) is 0 Å². The molecule has 19 heavy (non-hydrogen) atoms. The van der Waals surface area contributed by atoms with E-state index in [1.54, 1.807) is 11.3 Å². The van der Waals surface area contributed by atoms with E-state index in [0.717, 1.165) is 32.1 Å². The molecule has 0 aliphatic rings. The maximum Gasteiger partial charge on any atom is 0.0924 e. The molecule has 2 N–H and O–H groups in total. The van der Waals surface area contributed by atoms with Crippen LogP contribution in [-0.2, 0) is 12.8 Å². The summed E-state index contributed by atoms with van der Waals surface area (Å²) < 4.78 is 0. The highest BCUT2D eigenvalue weighted by Gasteiger charge is 2.04. The second-order valence-electron chi connectivity index (χ2n) is 4.96. The van der Waals surface area contributed by atoms with Crippen molar-refractivity contribution in [1.29, 1.82) is 0 Å². The Balaban J connectivity index is 1.56. The SMILES string of the molecule is NC(CCCc1ccccc1)CCCc1nccs1. The third kappa shape index (κ3) is 5.53. The smallest absolute Gasteiger partial charge is 0.0924 e. The lowest BCUT2D eigenvalue weighted by Crippen LogP contribution is -2.20. The van der Waals surface area contributed by atoms with Gasteiger partial charge in [-0.25, -0.2) is 4.98 Å². The summed E-state index contributed by atoms with van der Waals surface area (Å²) in [6, 6.07) is 11.0. The average Bonchev–Trinajstić information content (AvgIpc) is 2.93. The monoisotopic (exact) mass is 274 g/mol. The molecule has 1 heterocycles. The van der Waals surface area contributed by atoms with E-state index in [-0.39, 0.29) is 0 Å². The standard InChI is InChI=1S/C16H22N2S/c17-15(10-5-11-16-18-12-13-19-16)9-4-8-14-6-2-1-3-7-14/h1-3,6-7,12-13,15H,4-5,8-11,17H2. The van der Waals surface area contributed by atoms with E-state index in [0.29, 0.717) is 6.04 Å². The van der Waals surface area contributed by atoms with E-state index in [1.165, 1.54) is 17.0 Å². The molecule has 1 unspecified atom stereocenters. The third-order valence-electron chi connectivity index (χ3n) is 3.33. The van der Waals surface area contributed by atoms with Gasteiger partial charge in [-0.15, -0.1) is 11.3 Å². The molecule has 1 aromatic heterocycles. The minimum absolute atomic E-state index is 0.337. The van der Waals surface area contributed by atoms with Gasteiger partial charge in [-0.3, -0.25) is 0 Å². The summed E-state index contributed by atoms with van der Waals surface area (Å²) in [5.41, 5.74) is 7.57. The number of hydrogen-bond acceptors (Lipinski definition) is 3. The van der Waals surface area contributed by atoms with Crippen molar-refractivity contribution in [3.05, 3.63) is 52.5 Å². The molecule has 0 fully saturated rings. The number of thiazole rings is 1. The fraction of sp³-hybridized carbons (Fsp3) is 0.438. The van der Waals surface area contributed by atoms with Crippen molar-refractivity contribution in [3.63, 3.8) is 0 Å². The van der Waals surface area contributed by atoms with Crippen molar-refractivity contribution in [1.82, 2.24) is 4.98 Å². The zero-order valence-electron chi connectivity index (χ0n) is 11.3. The summed E-state index contributed by atoms with van der Waals surface area (Å²) in [6.07, 6.45) is 8.65. The van der Waals surface area contributed by atoms with Crippen molar-refractivity contribution in [2.75, 3.05) is 0 Å². The van der Waals surface area contributed by atoms with Crippen LogP contribution in [0.15, 0.2) is 41.9 Å². The van der Waals surface area contributed by atoms with Crippen molar-refractivity contribution in [2.24, 2.45) is 5.73 Å². The molecule has 0 saturated heterocycles. The predicted octanol–water partition coefficient (Wildman–Crippen LogP) is 3.82. The highest BCUT2D eigenvalue weighted by Crippen LogP contribution is 2.12. The van der Waals surface area contributed by atoms with Gasteiger partial charge in [-0.1, -0.05) is 30.3 Å². The molecule has 0 aliphatic carbocycles. The van der Waals surface area contributed by atoms with Gasteiger partial charge in [0.25, 0.3) is 0 Å². The van der Waals surface area contributed by atoms with Gasteiger partial charge in [0.15, 0.2) is 0 Å². The first-order valence-corrected chi connectivity index (χ1v) is 7.90. The van der Waals surface area contributed by atoms with Crippen molar-refractivity contribution < 1.29 is 0 Å². The van der Waals surface area contributed by atoms with Crippen LogP contribution in [0.3, 0.4) is 0 Å². The summed E-state index contributed by atoms with van der Waals surface area (Å²) in [6.45, 7) is 0. The number of nitrogens with zero attached hydrogens (tertiary/aromatic N) is 1. The van der Waals surface area contributed by atoms with E-state index in [9.17, 15) is 0 Å². The molecule has 0 amide bonds. The van der Waals surface area contributed by atoms with Gasteiger partial charge in [0.2, 0.25) is 0 Å². The molecule has 0 radical (unpaired) electrons. The van der Waals surface area contributed by atoms with Gasteiger partial charge in [0.1, 0.15) is 0 Å². The van der Waals surface area contributed by atoms with Crippen molar-refractivity contribution >= 4 is 11.3 Å². The summed E-state index contributed by atoms with van der Waals surface area (Å²) >= 11 is 1.74. The third-order valence-corrected chi connectivity index (χ3v) is 4.17. The quantitative estimate of drug-likeness (QED) is 0.795. The topological polar surface area (TPSA) is 38.9 Å². The van der Waals surface area contributed by atoms with E-state index >= 15 is 0 Å². The first kappa shape index (κ1) is 14.2. The largest absolute Gasteiger partial charge is 0.328 e. The van der Waals surface area contributed by atoms with Crippen molar-refractivity contribution in [2.45, 2.75) is 44.6 Å². The first-order valence-electron chi connectivity index (χ1n) is 7.02. The normalized spacial score (nSPS) is 12.5. The minimum atomic E-state index is 0.337. The zero-order chi connectivity index (χ0) is 13.3. The lowest BCUT2D eigenvalue weighted by Gasteiger charge is -2.10. The summed E-state index contributed by atoms with van der Waals surface area (Å²) in [7, 11) is 0. The van der Waals surface area contributed by atoms with E-state index in [1.807, 2.05) is 11.6 Å². The number of nitrogens with two attached hydrogens (primary N) is 1. The Morgan fingerprint density at radius 3 is 2.47 bits per heavy atom. The molecule has 2 rings (SSSR count). The van der Waals surface area contributed by atoms with Gasteiger partial charge in [0.05, 0.1) is 5.01 Å². The van der Waals surface area contributed by atoms with Gasteiger partial charge < -0.3 is 5.73 Å². The molecule has 102 valence electrons. The maximum absolute atomic E-state index is 6.16. The first-order chi connectivity index (χ1) is 9.34. The van der Waals surface area contributed by atoms with Gasteiger partial charge in [-0.05, 0) is 44.1 Å². The number of aryl methyl sites for hydroxylation is 2. The molecule has 0 saturated carbocycles. The minimum Gasteiger partial charge on any atom is -0.328 e. The van der Waals surface area contributed by atoms with Crippen molar-refractivity contribution in [3.8, 4) is 0 Å². The zero-order valence-corrected chi connectivity index (χ0v) is 12.1. The Labute approximate surface area is 119 Å². The average molecular weight is 274 g/mol. The predicted molar refractivity (Wildman–Crippen MR) is 82.4 cm³/mol. The van der Waals surface area contributed by atoms with E-state index in [2.05, 4.69) is 35.3 Å². The molecule has 3 heteroatoms. The molecule has 1 aromatic carbocycles. The Morgan fingerprint density at radius 2 is 1.79 bits per heavy atom. The number of aromatic nitrogens is 1. The summed E-state index contributed by atoms with van der Waals surface area (Å²) in [5, 5.41) is 3.27. The van der Waals surface area contributed by atoms with Gasteiger partial charge in [0, 0.05) is 17.6 Å². The second-order valence-corrected chi connectivity index (χ2v) is 5.94. The molecule has 1 atom stereocenters. The maximum atomic E-state index is 6.16. The van der Waals surface area contributed by atoms with Gasteiger partial charge in [-0.2, -0.15) is 0 Å². The van der Waals surface area contributed by atoms with Crippen LogP contribution in [0, 0.1) is 0 Å². The summed E-state index contributed by atoms with van der Waals surface area (Å²) in [4.78, 5) is 4.29. The Hall–Kier alpha value is -1.19. The van der Waals surface area contributed by atoms with E-state index in [4.69, 9.17) is 5.73 Å². The molecular formula is C16H22N2S. The van der Waals surface area contributed by atoms with Crippen LogP contribution in [0.25, 0.3) is 0 Å². The second kappa shape index (κ2) is 8.08. The number of hydrogen-bond donors (Lipinski definition) is 1. The number of benzene rings is 1. The van der Waals surface area contributed by atoms with Crippen LogP contribution in [0.2, 0.25) is 0 Å². The van der Waals surface area contributed by atoms with E-state index < -0.39 is 0 Å². The molecule has 0 bridgehead atoms. The fourth-order valence-corrected chi connectivity index (χ4v) is 2.91. The molecule has 0 spiro atoms. The Bertz CT molecular complexity index is 439. The van der Waals surface area contributed by atoms with Crippen LogP contribution in [0.1, 0.15) is 36.3 Å². The summed E-state index contributed by atoms with van der Waals surface area (Å²) in [5.74, 6) is 0. The van der Waals surface area contributed by atoms with Crippen LogP contribution in [0.4, 0.5) is 0 Å². The van der Waals surface area contributed by atoms with Crippen LogP contribution < -0.4 is 5.73 Å². The van der Waals surface area contributed by atoms with Crippen LogP contribution >= 0.6 is 11.3 Å². The number of rotatable bonds is 8. The Kier molecular flexibility index (Phi) is 6.05. The molecule has 2 nitrogen and oxygen atoms in total. The fourth-order valence-electron chi connectivity index (χ4n) is 2.25. The molecule has 2 aromatic rings. The molecular weight excluding hydrogens is 252 g/mol. The lowest BCUT2D eigenvalue weighted by molar-refractivity contribution is 0.527.